The molecule has 2 aromatic heterocycles. The summed E-state index contributed by atoms with van der Waals surface area (Å²) in [4.78, 5) is 0. The van der Waals surface area contributed by atoms with Gasteiger partial charge in [0, 0.05) is 36.5 Å². The Morgan fingerprint density at radius 2 is 0.652 bits per heavy atom. The summed E-state index contributed by atoms with van der Waals surface area (Å²) in [7, 11) is 0. The zero-order valence-electron chi connectivity index (χ0n) is 35.8. The standard InChI is InChI=1S/C64H38OS/c1-3-16-39(17-4-1)41-31-34-57-55(36-41)56-37-42(32-35-58(56)65-57)61-45-20-7-9-22-47(45)62(48-23-10-8-21-46(48)61)43-30-33-44-53-28-15-29-54(64(53)66-59(44)38-43)63-51-26-13-11-24-49(51)60(40-18-5-2-6-19-40)50-25-12-14-27-52(50)63/h1-38H. The van der Waals surface area contributed by atoms with Crippen molar-refractivity contribution in [3.05, 3.63) is 231 Å². The molecule has 0 saturated carbocycles. The zero-order valence-corrected chi connectivity index (χ0v) is 36.6. The van der Waals surface area contributed by atoms with Gasteiger partial charge >= 0.3 is 0 Å². The van der Waals surface area contributed by atoms with Crippen LogP contribution in [0.4, 0.5) is 0 Å². The highest BCUT2D eigenvalue weighted by molar-refractivity contribution is 7.26. The number of benzene rings is 12. The minimum absolute atomic E-state index is 0.898. The predicted molar refractivity (Wildman–Crippen MR) is 284 cm³/mol. The molecule has 2 heteroatoms. The van der Waals surface area contributed by atoms with Crippen molar-refractivity contribution in [2.45, 2.75) is 0 Å². The first-order valence-corrected chi connectivity index (χ1v) is 23.5. The van der Waals surface area contributed by atoms with Crippen molar-refractivity contribution in [1.82, 2.24) is 0 Å². The van der Waals surface area contributed by atoms with Gasteiger partial charge in [-0.15, -0.1) is 11.3 Å². The van der Waals surface area contributed by atoms with Gasteiger partial charge in [-0.2, -0.15) is 0 Å². The molecule has 306 valence electrons. The lowest BCUT2D eigenvalue weighted by Crippen LogP contribution is -1.90. The molecule has 0 aliphatic heterocycles. The van der Waals surface area contributed by atoms with Gasteiger partial charge < -0.3 is 4.42 Å². The first-order valence-electron chi connectivity index (χ1n) is 22.7. The van der Waals surface area contributed by atoms with Gasteiger partial charge in [-0.05, 0) is 123 Å². The maximum absolute atomic E-state index is 6.44. The molecule has 0 amide bonds. The molecule has 0 N–H and O–H groups in total. The zero-order chi connectivity index (χ0) is 43.3. The van der Waals surface area contributed by atoms with Gasteiger partial charge in [0.05, 0.1) is 0 Å². The first kappa shape index (κ1) is 37.1. The molecule has 0 unspecified atom stereocenters. The number of rotatable bonds is 5. The van der Waals surface area contributed by atoms with E-state index in [1.165, 1.54) is 119 Å². The van der Waals surface area contributed by atoms with Crippen LogP contribution in [0.15, 0.2) is 235 Å². The third-order valence-electron chi connectivity index (χ3n) is 13.8. The number of thiophene rings is 1. The Kier molecular flexibility index (Phi) is 8.22. The van der Waals surface area contributed by atoms with Gasteiger partial charge in [0.1, 0.15) is 11.2 Å². The Morgan fingerprint density at radius 1 is 0.242 bits per heavy atom. The fourth-order valence-electron chi connectivity index (χ4n) is 11.0. The Balaban J connectivity index is 0.962. The summed E-state index contributed by atoms with van der Waals surface area (Å²) in [6.45, 7) is 0. The van der Waals surface area contributed by atoms with Gasteiger partial charge in [-0.3, -0.25) is 0 Å². The van der Waals surface area contributed by atoms with Crippen LogP contribution in [0.25, 0.3) is 141 Å². The van der Waals surface area contributed by atoms with Crippen LogP contribution in [-0.2, 0) is 0 Å². The van der Waals surface area contributed by atoms with Gasteiger partial charge in [0.2, 0.25) is 0 Å². The summed E-state index contributed by atoms with van der Waals surface area (Å²) >= 11 is 1.91. The normalized spacial score (nSPS) is 11.9. The fourth-order valence-corrected chi connectivity index (χ4v) is 12.2. The molecule has 0 radical (unpaired) electrons. The van der Waals surface area contributed by atoms with Crippen LogP contribution in [0.1, 0.15) is 0 Å². The van der Waals surface area contributed by atoms with E-state index in [2.05, 4.69) is 231 Å². The molecule has 14 aromatic rings. The molecule has 0 aliphatic carbocycles. The topological polar surface area (TPSA) is 13.1 Å². The first-order chi connectivity index (χ1) is 32.7. The third kappa shape index (κ3) is 5.59. The largest absolute Gasteiger partial charge is 0.456 e. The summed E-state index contributed by atoms with van der Waals surface area (Å²) in [5.74, 6) is 0. The van der Waals surface area contributed by atoms with Gasteiger partial charge in [-0.25, -0.2) is 0 Å². The van der Waals surface area contributed by atoms with Crippen molar-refractivity contribution in [3.63, 3.8) is 0 Å². The van der Waals surface area contributed by atoms with Crippen molar-refractivity contribution in [2.24, 2.45) is 0 Å². The smallest absolute Gasteiger partial charge is 0.135 e. The summed E-state index contributed by atoms with van der Waals surface area (Å²) in [5.41, 5.74) is 14.2. The molecule has 0 atom stereocenters. The lowest BCUT2D eigenvalue weighted by atomic mass is 9.85. The summed E-state index contributed by atoms with van der Waals surface area (Å²) in [6, 6.07) is 84.6. The minimum Gasteiger partial charge on any atom is -0.456 e. The van der Waals surface area contributed by atoms with Gasteiger partial charge in [-0.1, -0.05) is 200 Å². The van der Waals surface area contributed by atoms with Crippen LogP contribution in [0.5, 0.6) is 0 Å². The lowest BCUT2D eigenvalue weighted by molar-refractivity contribution is 0.669. The highest BCUT2D eigenvalue weighted by atomic mass is 32.1. The number of hydrogen-bond donors (Lipinski definition) is 0. The van der Waals surface area contributed by atoms with Crippen LogP contribution in [0, 0.1) is 0 Å². The molecular weight excluding hydrogens is 817 g/mol. The summed E-state index contributed by atoms with van der Waals surface area (Å²) in [5, 5.41) is 14.9. The molecule has 2 heterocycles. The predicted octanol–water partition coefficient (Wildman–Crippen LogP) is 18.9. The maximum atomic E-state index is 6.44. The van der Waals surface area contributed by atoms with Gasteiger partial charge in [0.15, 0.2) is 0 Å². The number of furan rings is 1. The van der Waals surface area contributed by atoms with Gasteiger partial charge in [0.25, 0.3) is 0 Å². The van der Waals surface area contributed by atoms with E-state index in [1.54, 1.807) is 0 Å². The highest BCUT2D eigenvalue weighted by Crippen LogP contribution is 2.50. The van der Waals surface area contributed by atoms with E-state index in [0.29, 0.717) is 0 Å². The molecular formula is C64H38OS. The summed E-state index contributed by atoms with van der Waals surface area (Å²) < 4.78 is 9.04. The van der Waals surface area contributed by atoms with E-state index in [1.807, 2.05) is 11.3 Å². The van der Waals surface area contributed by atoms with Crippen LogP contribution in [0.3, 0.4) is 0 Å². The van der Waals surface area contributed by atoms with E-state index in [4.69, 9.17) is 4.42 Å². The second kappa shape index (κ2) is 14.6. The average molecular weight is 855 g/mol. The van der Waals surface area contributed by atoms with Crippen LogP contribution in [0.2, 0.25) is 0 Å². The van der Waals surface area contributed by atoms with Crippen molar-refractivity contribution in [2.75, 3.05) is 0 Å². The van der Waals surface area contributed by atoms with E-state index in [-0.39, 0.29) is 0 Å². The Hall–Kier alpha value is -8.30. The average Bonchev–Trinajstić information content (AvgIpc) is 3.95. The molecule has 0 saturated heterocycles. The Morgan fingerprint density at radius 3 is 1.20 bits per heavy atom. The molecule has 0 aliphatic rings. The molecule has 0 bridgehead atoms. The Labute approximate surface area is 385 Å². The molecule has 0 fully saturated rings. The van der Waals surface area contributed by atoms with E-state index in [9.17, 15) is 0 Å². The molecule has 1 nitrogen and oxygen atoms in total. The van der Waals surface area contributed by atoms with Crippen molar-refractivity contribution < 1.29 is 4.42 Å². The van der Waals surface area contributed by atoms with Crippen molar-refractivity contribution in [1.29, 1.82) is 0 Å². The lowest BCUT2D eigenvalue weighted by Gasteiger charge is -2.18. The van der Waals surface area contributed by atoms with Crippen LogP contribution in [-0.4, -0.2) is 0 Å². The fraction of sp³-hybridized carbons (Fsp3) is 0. The Bertz CT molecular complexity index is 4160. The van der Waals surface area contributed by atoms with Crippen LogP contribution >= 0.6 is 11.3 Å². The van der Waals surface area contributed by atoms with Crippen LogP contribution < -0.4 is 0 Å². The molecule has 66 heavy (non-hydrogen) atoms. The third-order valence-corrected chi connectivity index (χ3v) is 15.0. The monoisotopic (exact) mass is 854 g/mol. The molecule has 12 aromatic carbocycles. The quantitative estimate of drug-likeness (QED) is 0.157. The highest BCUT2D eigenvalue weighted by Gasteiger charge is 2.22. The van der Waals surface area contributed by atoms with E-state index >= 15 is 0 Å². The summed E-state index contributed by atoms with van der Waals surface area (Å²) in [6.07, 6.45) is 0. The van der Waals surface area contributed by atoms with E-state index in [0.717, 1.165) is 21.9 Å². The minimum atomic E-state index is 0.898. The van der Waals surface area contributed by atoms with E-state index < -0.39 is 0 Å². The molecule has 0 spiro atoms. The molecule has 14 rings (SSSR count). The second-order valence-corrected chi connectivity index (χ2v) is 18.5. The number of fused-ring (bicyclic) bond motifs is 10. The van der Waals surface area contributed by atoms with Crippen molar-refractivity contribution in [3.8, 4) is 55.6 Å². The van der Waals surface area contributed by atoms with Crippen molar-refractivity contribution >= 4 is 96.5 Å². The maximum Gasteiger partial charge on any atom is 0.135 e. The second-order valence-electron chi connectivity index (χ2n) is 17.4. The number of hydrogen-bond acceptors (Lipinski definition) is 2. The SMILES string of the molecule is c1ccc(-c2ccc3oc4ccc(-c5c6ccccc6c(-c6ccc7c(c6)sc6c(-c8c9ccccc9c(-c9ccccc9)c9ccccc89)cccc67)c6ccccc56)cc4c3c2)cc1.